The van der Waals surface area contributed by atoms with Gasteiger partial charge in [0.15, 0.2) is 5.82 Å². The molecule has 0 saturated heterocycles. The highest BCUT2D eigenvalue weighted by molar-refractivity contribution is 7.11. The Morgan fingerprint density at radius 2 is 2.17 bits per heavy atom. The van der Waals surface area contributed by atoms with E-state index < -0.39 is 5.97 Å². The minimum atomic E-state index is -0.453. The lowest BCUT2D eigenvalue weighted by molar-refractivity contribution is 0.0603. The Balaban J connectivity index is 2.83. The third-order valence-electron chi connectivity index (χ3n) is 3.38. The molecule has 0 fully saturated rings. The summed E-state index contributed by atoms with van der Waals surface area (Å²) in [6.07, 6.45) is 0. The number of nitrogen functional groups attached to an aromatic ring is 1. The molecule has 0 saturated carbocycles. The van der Waals surface area contributed by atoms with Crippen LogP contribution in [0.4, 0.5) is 10.8 Å². The Morgan fingerprint density at radius 3 is 2.67 bits per heavy atom. The first-order chi connectivity index (χ1) is 8.29. The van der Waals surface area contributed by atoms with Crippen molar-refractivity contribution in [3.8, 4) is 0 Å². The van der Waals surface area contributed by atoms with Crippen LogP contribution in [0.3, 0.4) is 0 Å². The second-order valence-corrected chi connectivity index (χ2v) is 6.03. The second kappa shape index (κ2) is 5.56. The fraction of sp³-hybridized carbons (Fsp3) is 0.667. The van der Waals surface area contributed by atoms with Crippen LogP contribution < -0.4 is 11.1 Å². The molecule has 0 amide bonds. The van der Waals surface area contributed by atoms with E-state index in [9.17, 15) is 4.79 Å². The molecule has 1 aromatic heterocycles. The molecule has 0 bridgehead atoms. The highest BCUT2D eigenvalue weighted by atomic mass is 32.1. The summed E-state index contributed by atoms with van der Waals surface area (Å²) in [4.78, 5) is 11.6. The Labute approximate surface area is 112 Å². The van der Waals surface area contributed by atoms with E-state index in [0.717, 1.165) is 6.54 Å². The fourth-order valence-corrected chi connectivity index (χ4v) is 1.93. The lowest BCUT2D eigenvalue weighted by Gasteiger charge is -2.29. The summed E-state index contributed by atoms with van der Waals surface area (Å²) in [5.74, 6) is 0.291. The molecule has 102 valence electrons. The molecule has 6 heteroatoms. The zero-order valence-electron chi connectivity index (χ0n) is 11.5. The Hall–Kier alpha value is -1.30. The first-order valence-corrected chi connectivity index (χ1v) is 6.64. The van der Waals surface area contributed by atoms with Gasteiger partial charge < -0.3 is 15.8 Å². The molecule has 18 heavy (non-hydrogen) atoms. The van der Waals surface area contributed by atoms with Crippen molar-refractivity contribution in [1.82, 2.24) is 4.37 Å². The highest BCUT2D eigenvalue weighted by Gasteiger charge is 2.25. The first kappa shape index (κ1) is 14.8. The van der Waals surface area contributed by atoms with E-state index in [-0.39, 0.29) is 11.2 Å². The maximum Gasteiger partial charge on any atom is 0.344 e. The number of anilines is 2. The number of nitrogens with one attached hydrogen (secondary N) is 1. The molecule has 1 rings (SSSR count). The van der Waals surface area contributed by atoms with Gasteiger partial charge >= 0.3 is 5.97 Å². The first-order valence-electron chi connectivity index (χ1n) is 5.87. The van der Waals surface area contributed by atoms with Gasteiger partial charge in [-0.15, -0.1) is 0 Å². The standard InChI is InChI=1S/C12H21N3O2S/c1-7(2)12(3,4)6-14-10-8(11(16)17-5)9(13)15-18-10/h7,14H,6H2,1-5H3,(H2,13,15). The van der Waals surface area contributed by atoms with Crippen LogP contribution in [-0.2, 0) is 4.74 Å². The minimum Gasteiger partial charge on any atom is -0.465 e. The SMILES string of the molecule is COC(=O)c1c(N)nsc1NCC(C)(C)C(C)C. The number of hydrogen-bond donors (Lipinski definition) is 2. The molecule has 0 aliphatic carbocycles. The predicted molar refractivity (Wildman–Crippen MR) is 75.0 cm³/mol. The zero-order valence-corrected chi connectivity index (χ0v) is 12.4. The van der Waals surface area contributed by atoms with Crippen LogP contribution in [0.1, 0.15) is 38.1 Å². The normalized spacial score (nSPS) is 11.7. The van der Waals surface area contributed by atoms with Crippen molar-refractivity contribution in [3.05, 3.63) is 5.56 Å². The molecule has 0 spiro atoms. The van der Waals surface area contributed by atoms with Gasteiger partial charge in [0.05, 0.1) is 7.11 Å². The van der Waals surface area contributed by atoms with E-state index >= 15 is 0 Å². The molecule has 3 N–H and O–H groups in total. The summed E-state index contributed by atoms with van der Waals surface area (Å²) in [6.45, 7) is 9.43. The third-order valence-corrected chi connectivity index (χ3v) is 4.19. The maximum absolute atomic E-state index is 11.6. The number of ether oxygens (including phenoxy) is 1. The van der Waals surface area contributed by atoms with Crippen molar-refractivity contribution >= 4 is 28.3 Å². The van der Waals surface area contributed by atoms with Crippen molar-refractivity contribution in [2.75, 3.05) is 24.7 Å². The number of hydrogen-bond acceptors (Lipinski definition) is 6. The number of carbonyl (C=O) groups excluding carboxylic acids is 1. The summed E-state index contributed by atoms with van der Waals surface area (Å²) in [5.41, 5.74) is 6.13. The van der Waals surface area contributed by atoms with Gasteiger partial charge in [-0.3, -0.25) is 0 Å². The number of esters is 1. The van der Waals surface area contributed by atoms with Crippen LogP contribution in [0.25, 0.3) is 0 Å². The van der Waals surface area contributed by atoms with E-state index in [1.165, 1.54) is 18.6 Å². The topological polar surface area (TPSA) is 77.2 Å². The molecular weight excluding hydrogens is 250 g/mol. The zero-order chi connectivity index (χ0) is 13.9. The summed E-state index contributed by atoms with van der Waals surface area (Å²) >= 11 is 1.19. The van der Waals surface area contributed by atoms with Crippen LogP contribution in [0.5, 0.6) is 0 Å². The van der Waals surface area contributed by atoms with E-state index in [1.807, 2.05) is 0 Å². The van der Waals surface area contributed by atoms with E-state index in [0.29, 0.717) is 16.5 Å². The molecule has 0 aliphatic rings. The number of methoxy groups -OCH3 is 1. The van der Waals surface area contributed by atoms with Crippen molar-refractivity contribution in [1.29, 1.82) is 0 Å². The van der Waals surface area contributed by atoms with Gasteiger partial charge in [-0.2, -0.15) is 4.37 Å². The number of aromatic nitrogens is 1. The highest BCUT2D eigenvalue weighted by Crippen LogP contribution is 2.31. The molecule has 0 aliphatic heterocycles. The lowest BCUT2D eigenvalue weighted by Crippen LogP contribution is -2.28. The average molecular weight is 271 g/mol. The average Bonchev–Trinajstić information content (AvgIpc) is 2.67. The Bertz CT molecular complexity index is 427. The summed E-state index contributed by atoms with van der Waals surface area (Å²) in [7, 11) is 1.33. The molecule has 0 radical (unpaired) electrons. The molecule has 1 aromatic rings. The smallest absolute Gasteiger partial charge is 0.344 e. The number of nitrogens with two attached hydrogens (primary N) is 1. The minimum absolute atomic E-state index is 0.117. The second-order valence-electron chi connectivity index (χ2n) is 5.26. The lowest BCUT2D eigenvalue weighted by atomic mass is 9.81. The Morgan fingerprint density at radius 1 is 1.56 bits per heavy atom. The molecule has 1 heterocycles. The van der Waals surface area contributed by atoms with Crippen LogP contribution >= 0.6 is 11.5 Å². The van der Waals surface area contributed by atoms with Crippen LogP contribution in [0.15, 0.2) is 0 Å². The maximum atomic E-state index is 11.6. The summed E-state index contributed by atoms with van der Waals surface area (Å²) in [5, 5.41) is 3.92. The van der Waals surface area contributed by atoms with Crippen LogP contribution in [-0.4, -0.2) is 24.0 Å². The molecular formula is C12H21N3O2S. The van der Waals surface area contributed by atoms with E-state index in [2.05, 4.69) is 37.4 Å². The van der Waals surface area contributed by atoms with Gasteiger partial charge in [0.2, 0.25) is 0 Å². The molecule has 0 atom stereocenters. The van der Waals surface area contributed by atoms with E-state index in [1.54, 1.807) is 0 Å². The molecule has 0 unspecified atom stereocenters. The van der Waals surface area contributed by atoms with Crippen LogP contribution in [0.2, 0.25) is 0 Å². The predicted octanol–water partition coefficient (Wildman–Crippen LogP) is 2.61. The number of nitrogens with zero attached hydrogens (tertiary/aromatic N) is 1. The largest absolute Gasteiger partial charge is 0.465 e. The third kappa shape index (κ3) is 3.13. The molecule has 0 aromatic carbocycles. The van der Waals surface area contributed by atoms with Gasteiger partial charge in [0.25, 0.3) is 0 Å². The van der Waals surface area contributed by atoms with Crippen molar-refractivity contribution in [2.45, 2.75) is 27.7 Å². The van der Waals surface area contributed by atoms with Gasteiger partial charge in [0, 0.05) is 6.54 Å². The summed E-state index contributed by atoms with van der Waals surface area (Å²) < 4.78 is 8.69. The van der Waals surface area contributed by atoms with Crippen molar-refractivity contribution in [2.24, 2.45) is 11.3 Å². The van der Waals surface area contributed by atoms with Crippen LogP contribution in [0, 0.1) is 11.3 Å². The molecule has 5 nitrogen and oxygen atoms in total. The fourth-order valence-electron chi connectivity index (χ4n) is 1.23. The summed E-state index contributed by atoms with van der Waals surface area (Å²) in [6, 6.07) is 0. The Kier molecular flexibility index (Phi) is 4.56. The quantitative estimate of drug-likeness (QED) is 0.805. The van der Waals surface area contributed by atoms with Gasteiger partial charge in [-0.05, 0) is 22.9 Å². The van der Waals surface area contributed by atoms with Crippen molar-refractivity contribution in [3.63, 3.8) is 0 Å². The van der Waals surface area contributed by atoms with Gasteiger partial charge in [-0.1, -0.05) is 27.7 Å². The van der Waals surface area contributed by atoms with Gasteiger partial charge in [-0.25, -0.2) is 4.79 Å². The number of carbonyl (C=O) groups is 1. The monoisotopic (exact) mass is 271 g/mol. The van der Waals surface area contributed by atoms with Gasteiger partial charge in [0.1, 0.15) is 10.6 Å². The van der Waals surface area contributed by atoms with Crippen molar-refractivity contribution < 1.29 is 9.53 Å². The van der Waals surface area contributed by atoms with E-state index in [4.69, 9.17) is 10.5 Å². The number of rotatable bonds is 5.